The Morgan fingerprint density at radius 1 is 1.21 bits per heavy atom. The standard InChI is InChI=1S/C20H33F3N4O2/c1-5-28-11-12-29-18-13-16(2)7-8-17(18)14-26-19(24-3)25-9-6-10-27(4)15-20(21,22)23/h7-8,13H,5-6,9-12,14-15H2,1-4H3,(H2,24,25,26). The highest BCUT2D eigenvalue weighted by Gasteiger charge is 2.28. The molecule has 0 aliphatic rings. The summed E-state index contributed by atoms with van der Waals surface area (Å²) in [5.74, 6) is 1.38. The summed E-state index contributed by atoms with van der Waals surface area (Å²) in [7, 11) is 3.12. The van der Waals surface area contributed by atoms with Gasteiger partial charge < -0.3 is 20.1 Å². The minimum Gasteiger partial charge on any atom is -0.491 e. The number of benzene rings is 1. The first-order valence-electron chi connectivity index (χ1n) is 9.75. The maximum atomic E-state index is 12.3. The van der Waals surface area contributed by atoms with E-state index in [0.717, 1.165) is 16.9 Å². The molecule has 0 aliphatic heterocycles. The van der Waals surface area contributed by atoms with E-state index in [4.69, 9.17) is 9.47 Å². The molecule has 0 amide bonds. The van der Waals surface area contributed by atoms with Gasteiger partial charge in [0, 0.05) is 32.3 Å². The molecule has 0 radical (unpaired) electrons. The van der Waals surface area contributed by atoms with Crippen molar-refractivity contribution in [3.63, 3.8) is 0 Å². The van der Waals surface area contributed by atoms with Crippen LogP contribution >= 0.6 is 0 Å². The van der Waals surface area contributed by atoms with Crippen LogP contribution in [-0.4, -0.2) is 70.6 Å². The largest absolute Gasteiger partial charge is 0.491 e. The zero-order valence-electron chi connectivity index (χ0n) is 17.7. The zero-order valence-corrected chi connectivity index (χ0v) is 17.7. The molecular weight excluding hydrogens is 385 g/mol. The molecule has 29 heavy (non-hydrogen) atoms. The molecular formula is C20H33F3N4O2. The molecule has 0 atom stereocenters. The lowest BCUT2D eigenvalue weighted by Gasteiger charge is -2.19. The number of hydrogen-bond donors (Lipinski definition) is 2. The second kappa shape index (κ2) is 13.3. The van der Waals surface area contributed by atoms with E-state index < -0.39 is 12.7 Å². The first-order chi connectivity index (χ1) is 13.7. The molecule has 0 aromatic heterocycles. The Kier molecular flexibility index (Phi) is 11.5. The van der Waals surface area contributed by atoms with Crippen molar-refractivity contribution in [1.29, 1.82) is 0 Å². The van der Waals surface area contributed by atoms with Gasteiger partial charge in [-0.25, -0.2) is 0 Å². The van der Waals surface area contributed by atoms with Crippen LogP contribution in [0.3, 0.4) is 0 Å². The van der Waals surface area contributed by atoms with Gasteiger partial charge in [-0.3, -0.25) is 9.89 Å². The maximum Gasteiger partial charge on any atom is 0.401 e. The van der Waals surface area contributed by atoms with E-state index >= 15 is 0 Å². The van der Waals surface area contributed by atoms with Gasteiger partial charge in [0.2, 0.25) is 0 Å². The fourth-order valence-corrected chi connectivity index (χ4v) is 2.64. The molecule has 2 N–H and O–H groups in total. The molecule has 0 saturated carbocycles. The molecule has 0 heterocycles. The van der Waals surface area contributed by atoms with Crippen LogP contribution in [0.2, 0.25) is 0 Å². The number of guanidine groups is 1. The van der Waals surface area contributed by atoms with Gasteiger partial charge in [0.05, 0.1) is 13.2 Å². The van der Waals surface area contributed by atoms with E-state index in [1.54, 1.807) is 7.05 Å². The number of hydrogen-bond acceptors (Lipinski definition) is 4. The Morgan fingerprint density at radius 2 is 1.97 bits per heavy atom. The Labute approximate surface area is 171 Å². The van der Waals surface area contributed by atoms with E-state index in [9.17, 15) is 13.2 Å². The van der Waals surface area contributed by atoms with E-state index in [1.165, 1.54) is 11.9 Å². The van der Waals surface area contributed by atoms with Gasteiger partial charge in [-0.1, -0.05) is 12.1 Å². The fraction of sp³-hybridized carbons (Fsp3) is 0.650. The van der Waals surface area contributed by atoms with E-state index in [2.05, 4.69) is 15.6 Å². The van der Waals surface area contributed by atoms with Crippen molar-refractivity contribution >= 4 is 5.96 Å². The highest BCUT2D eigenvalue weighted by molar-refractivity contribution is 5.79. The molecule has 166 valence electrons. The molecule has 6 nitrogen and oxygen atoms in total. The molecule has 1 aromatic rings. The number of nitrogens with zero attached hydrogens (tertiary/aromatic N) is 2. The molecule has 9 heteroatoms. The van der Waals surface area contributed by atoms with Gasteiger partial charge in [0.15, 0.2) is 5.96 Å². The number of alkyl halides is 3. The lowest BCUT2D eigenvalue weighted by Crippen LogP contribution is -2.39. The van der Waals surface area contributed by atoms with Crippen molar-refractivity contribution in [2.45, 2.75) is 33.0 Å². The van der Waals surface area contributed by atoms with E-state index in [-0.39, 0.29) is 0 Å². The van der Waals surface area contributed by atoms with Gasteiger partial charge >= 0.3 is 6.18 Å². The SMILES string of the molecule is CCOCCOc1cc(C)ccc1CNC(=NC)NCCCN(C)CC(F)(F)F. The average molecular weight is 419 g/mol. The Balaban J connectivity index is 2.44. The first-order valence-corrected chi connectivity index (χ1v) is 9.75. The van der Waals surface area contributed by atoms with Crippen LogP contribution in [0.4, 0.5) is 13.2 Å². The molecule has 1 rings (SSSR count). The third kappa shape index (κ3) is 11.6. The van der Waals surface area contributed by atoms with Gasteiger partial charge in [0.1, 0.15) is 12.4 Å². The van der Waals surface area contributed by atoms with Gasteiger partial charge in [-0.2, -0.15) is 13.2 Å². The maximum absolute atomic E-state index is 12.3. The summed E-state index contributed by atoms with van der Waals surface area (Å²) in [5, 5.41) is 6.33. The molecule has 0 spiro atoms. The van der Waals surface area contributed by atoms with Crippen LogP contribution in [0.5, 0.6) is 5.75 Å². The minimum absolute atomic E-state index is 0.347. The molecule has 0 aliphatic carbocycles. The van der Waals surface area contributed by atoms with Gasteiger partial charge in [-0.15, -0.1) is 0 Å². The predicted molar refractivity (Wildman–Crippen MR) is 110 cm³/mol. The summed E-state index contributed by atoms with van der Waals surface area (Å²) in [6.07, 6.45) is -3.60. The quantitative estimate of drug-likeness (QED) is 0.311. The number of aliphatic imine (C=N–C) groups is 1. The Bertz CT molecular complexity index is 624. The lowest BCUT2D eigenvalue weighted by atomic mass is 10.1. The monoisotopic (exact) mass is 418 g/mol. The van der Waals surface area contributed by atoms with Crippen molar-refractivity contribution in [2.75, 3.05) is 53.6 Å². The highest BCUT2D eigenvalue weighted by atomic mass is 19.4. The third-order valence-electron chi connectivity index (χ3n) is 4.04. The number of ether oxygens (including phenoxy) is 2. The van der Waals surface area contributed by atoms with E-state index in [0.29, 0.717) is 51.8 Å². The van der Waals surface area contributed by atoms with Crippen LogP contribution in [0, 0.1) is 6.92 Å². The molecule has 0 bridgehead atoms. The predicted octanol–water partition coefficient (Wildman–Crippen LogP) is 2.96. The smallest absolute Gasteiger partial charge is 0.401 e. The van der Waals surface area contributed by atoms with Gasteiger partial charge in [0.25, 0.3) is 0 Å². The second-order valence-electron chi connectivity index (χ2n) is 6.72. The zero-order chi connectivity index (χ0) is 21.7. The summed E-state index contributed by atoms with van der Waals surface area (Å²) < 4.78 is 48.1. The van der Waals surface area contributed by atoms with Crippen molar-refractivity contribution in [3.05, 3.63) is 29.3 Å². The lowest BCUT2D eigenvalue weighted by molar-refractivity contribution is -0.143. The topological polar surface area (TPSA) is 58.1 Å². The first kappa shape index (κ1) is 25.0. The van der Waals surface area contributed by atoms with Crippen LogP contribution < -0.4 is 15.4 Å². The van der Waals surface area contributed by atoms with Crippen molar-refractivity contribution in [1.82, 2.24) is 15.5 Å². The molecule has 0 unspecified atom stereocenters. The van der Waals surface area contributed by atoms with E-state index in [1.807, 2.05) is 32.0 Å². The molecule has 1 aromatic carbocycles. The Morgan fingerprint density at radius 3 is 2.62 bits per heavy atom. The van der Waals surface area contributed by atoms with Crippen molar-refractivity contribution in [2.24, 2.45) is 4.99 Å². The summed E-state index contributed by atoms with van der Waals surface area (Å²) >= 11 is 0. The number of halogens is 3. The van der Waals surface area contributed by atoms with Crippen LogP contribution in [0.15, 0.2) is 23.2 Å². The van der Waals surface area contributed by atoms with Crippen molar-refractivity contribution in [3.8, 4) is 5.75 Å². The van der Waals surface area contributed by atoms with Crippen LogP contribution in [-0.2, 0) is 11.3 Å². The molecule has 0 fully saturated rings. The second-order valence-corrected chi connectivity index (χ2v) is 6.72. The molecule has 0 saturated heterocycles. The number of rotatable bonds is 12. The number of aryl methyl sites for hydroxylation is 1. The average Bonchev–Trinajstić information content (AvgIpc) is 2.64. The fourth-order valence-electron chi connectivity index (χ4n) is 2.64. The summed E-state index contributed by atoms with van der Waals surface area (Å²) in [4.78, 5) is 5.41. The summed E-state index contributed by atoms with van der Waals surface area (Å²) in [6, 6.07) is 5.99. The summed E-state index contributed by atoms with van der Waals surface area (Å²) in [6.45, 7) is 6.08. The number of nitrogens with one attached hydrogen (secondary N) is 2. The van der Waals surface area contributed by atoms with Crippen molar-refractivity contribution < 1.29 is 22.6 Å². The third-order valence-corrected chi connectivity index (χ3v) is 4.04. The van der Waals surface area contributed by atoms with Gasteiger partial charge in [-0.05, 0) is 45.5 Å². The van der Waals surface area contributed by atoms with Crippen LogP contribution in [0.1, 0.15) is 24.5 Å². The highest BCUT2D eigenvalue weighted by Crippen LogP contribution is 2.20. The Hall–Kier alpha value is -2.00. The van der Waals surface area contributed by atoms with Crippen LogP contribution in [0.25, 0.3) is 0 Å². The minimum atomic E-state index is -4.17. The normalized spacial score (nSPS) is 12.3. The summed E-state index contributed by atoms with van der Waals surface area (Å²) in [5.41, 5.74) is 2.09.